The molecular formula is C15H25N3OS. The lowest BCUT2D eigenvalue weighted by molar-refractivity contribution is -0.131. The molecule has 1 aromatic heterocycles. The van der Waals surface area contributed by atoms with Gasteiger partial charge in [-0.3, -0.25) is 9.69 Å². The molecule has 1 fully saturated rings. The van der Waals surface area contributed by atoms with E-state index < -0.39 is 0 Å². The van der Waals surface area contributed by atoms with E-state index in [1.165, 1.54) is 24.1 Å². The monoisotopic (exact) mass is 295 g/mol. The van der Waals surface area contributed by atoms with Crippen molar-refractivity contribution in [2.45, 2.75) is 31.8 Å². The molecule has 1 N–H and O–H groups in total. The number of hydrogen-bond donors (Lipinski definition) is 1. The maximum Gasteiger partial charge on any atom is 0.236 e. The fraction of sp³-hybridized carbons (Fsp3) is 0.667. The first-order chi connectivity index (χ1) is 9.65. The van der Waals surface area contributed by atoms with Crippen LogP contribution in [0, 0.1) is 0 Å². The number of carbonyl (C=O) groups excluding carboxylic acids is 1. The van der Waals surface area contributed by atoms with Gasteiger partial charge in [-0.2, -0.15) is 0 Å². The van der Waals surface area contributed by atoms with Crippen LogP contribution >= 0.6 is 11.3 Å². The molecule has 2 rings (SSSR count). The number of nitrogens with zero attached hydrogens (tertiary/aromatic N) is 2. The Bertz CT molecular complexity index is 401. The van der Waals surface area contributed by atoms with Gasteiger partial charge in [0.1, 0.15) is 0 Å². The summed E-state index contributed by atoms with van der Waals surface area (Å²) in [7, 11) is 3.92. The van der Waals surface area contributed by atoms with E-state index >= 15 is 0 Å². The van der Waals surface area contributed by atoms with Crippen molar-refractivity contribution in [1.82, 2.24) is 15.1 Å². The van der Waals surface area contributed by atoms with Gasteiger partial charge in [-0.05, 0) is 37.9 Å². The van der Waals surface area contributed by atoms with Crippen LogP contribution in [0.4, 0.5) is 0 Å². The molecule has 1 amide bonds. The van der Waals surface area contributed by atoms with Crippen molar-refractivity contribution in [1.29, 1.82) is 0 Å². The number of thiophene rings is 1. The van der Waals surface area contributed by atoms with E-state index in [0.29, 0.717) is 19.1 Å². The molecule has 1 aliphatic rings. The zero-order chi connectivity index (χ0) is 14.4. The number of amides is 1. The molecule has 5 heteroatoms. The van der Waals surface area contributed by atoms with Crippen LogP contribution in [0.5, 0.6) is 0 Å². The third-order valence-electron chi connectivity index (χ3n) is 3.75. The fourth-order valence-electron chi connectivity index (χ4n) is 2.60. The first-order valence-electron chi connectivity index (χ1n) is 7.33. The highest BCUT2D eigenvalue weighted by molar-refractivity contribution is 7.09. The van der Waals surface area contributed by atoms with Crippen LogP contribution in [-0.4, -0.2) is 55.5 Å². The van der Waals surface area contributed by atoms with Gasteiger partial charge in [-0.25, -0.2) is 0 Å². The van der Waals surface area contributed by atoms with Crippen molar-refractivity contribution in [2.75, 3.05) is 33.7 Å². The lowest BCUT2D eigenvalue weighted by Gasteiger charge is -2.28. The number of rotatable bonds is 6. The van der Waals surface area contributed by atoms with Gasteiger partial charge in [0.25, 0.3) is 0 Å². The smallest absolute Gasteiger partial charge is 0.236 e. The highest BCUT2D eigenvalue weighted by atomic mass is 32.1. The van der Waals surface area contributed by atoms with E-state index in [4.69, 9.17) is 0 Å². The molecule has 1 saturated heterocycles. The van der Waals surface area contributed by atoms with Crippen molar-refractivity contribution in [3.63, 3.8) is 0 Å². The number of hydrogen-bond acceptors (Lipinski definition) is 4. The molecule has 112 valence electrons. The van der Waals surface area contributed by atoms with Gasteiger partial charge in [0.05, 0.1) is 13.1 Å². The number of piperidine rings is 1. The first kappa shape index (κ1) is 15.5. The molecule has 0 radical (unpaired) electrons. The van der Waals surface area contributed by atoms with Crippen molar-refractivity contribution in [3.05, 3.63) is 22.4 Å². The first-order valence-corrected chi connectivity index (χ1v) is 8.21. The van der Waals surface area contributed by atoms with E-state index in [0.717, 1.165) is 13.1 Å². The van der Waals surface area contributed by atoms with Crippen LogP contribution in [0.15, 0.2) is 17.5 Å². The summed E-state index contributed by atoms with van der Waals surface area (Å²) >= 11 is 1.70. The molecule has 0 aliphatic carbocycles. The van der Waals surface area contributed by atoms with E-state index in [1.807, 2.05) is 25.1 Å². The molecule has 1 atom stereocenters. The van der Waals surface area contributed by atoms with Gasteiger partial charge in [0, 0.05) is 24.5 Å². The summed E-state index contributed by atoms with van der Waals surface area (Å²) < 4.78 is 0. The summed E-state index contributed by atoms with van der Waals surface area (Å²) in [6.07, 6.45) is 3.81. The van der Waals surface area contributed by atoms with Gasteiger partial charge in [0.2, 0.25) is 5.91 Å². The molecule has 0 spiro atoms. The predicted molar refractivity (Wildman–Crippen MR) is 83.9 cm³/mol. The predicted octanol–water partition coefficient (Wildman–Crippen LogP) is 1.78. The van der Waals surface area contributed by atoms with Crippen LogP contribution < -0.4 is 5.32 Å². The van der Waals surface area contributed by atoms with E-state index in [1.54, 1.807) is 11.3 Å². The number of carbonyl (C=O) groups is 1. The average molecular weight is 295 g/mol. The highest BCUT2D eigenvalue weighted by Crippen LogP contribution is 2.11. The van der Waals surface area contributed by atoms with Gasteiger partial charge >= 0.3 is 0 Å². The summed E-state index contributed by atoms with van der Waals surface area (Å²) in [5, 5.41) is 5.57. The van der Waals surface area contributed by atoms with Crippen LogP contribution in [0.2, 0.25) is 0 Å². The fourth-order valence-corrected chi connectivity index (χ4v) is 3.35. The van der Waals surface area contributed by atoms with Crippen LogP contribution in [0.1, 0.15) is 24.1 Å². The van der Waals surface area contributed by atoms with Gasteiger partial charge in [-0.1, -0.05) is 12.5 Å². The van der Waals surface area contributed by atoms with E-state index in [9.17, 15) is 4.79 Å². The average Bonchev–Trinajstić information content (AvgIpc) is 2.92. The number of likely N-dealkylation sites (N-methyl/N-ethyl adjacent to an activating group) is 2. The minimum atomic E-state index is 0.191. The Morgan fingerprint density at radius 3 is 2.95 bits per heavy atom. The highest BCUT2D eigenvalue weighted by Gasteiger charge is 2.17. The molecule has 0 aromatic carbocycles. The molecule has 1 aliphatic heterocycles. The maximum atomic E-state index is 12.2. The van der Waals surface area contributed by atoms with Crippen LogP contribution in [0.25, 0.3) is 0 Å². The summed E-state index contributed by atoms with van der Waals surface area (Å²) in [6, 6.07) is 4.65. The second kappa shape index (κ2) is 7.76. The summed E-state index contributed by atoms with van der Waals surface area (Å²) in [5.74, 6) is 0.191. The normalized spacial score (nSPS) is 19.2. The zero-order valence-corrected chi connectivity index (χ0v) is 13.3. The quantitative estimate of drug-likeness (QED) is 0.869. The third kappa shape index (κ3) is 4.89. The standard InChI is InChI=1S/C15H25N3OS/c1-17(10-13-6-3-4-8-16-13)12-15(19)18(2)11-14-7-5-9-20-14/h5,7,9,13,16H,3-4,6,8,10-12H2,1-2H3. The Morgan fingerprint density at radius 1 is 1.45 bits per heavy atom. The minimum absolute atomic E-state index is 0.191. The molecule has 1 unspecified atom stereocenters. The molecule has 0 saturated carbocycles. The summed E-state index contributed by atoms with van der Waals surface area (Å²) in [4.78, 5) is 17.4. The molecule has 1 aromatic rings. The van der Waals surface area contributed by atoms with Crippen molar-refractivity contribution in [3.8, 4) is 0 Å². The molecule has 0 bridgehead atoms. The minimum Gasteiger partial charge on any atom is -0.340 e. The lowest BCUT2D eigenvalue weighted by Crippen LogP contribution is -2.45. The zero-order valence-electron chi connectivity index (χ0n) is 12.5. The maximum absolute atomic E-state index is 12.2. The van der Waals surface area contributed by atoms with Gasteiger partial charge in [0.15, 0.2) is 0 Å². The Morgan fingerprint density at radius 2 is 2.30 bits per heavy atom. The van der Waals surface area contributed by atoms with E-state index in [2.05, 4.69) is 21.7 Å². The Balaban J connectivity index is 1.72. The van der Waals surface area contributed by atoms with Crippen LogP contribution in [-0.2, 0) is 11.3 Å². The van der Waals surface area contributed by atoms with Gasteiger partial charge < -0.3 is 10.2 Å². The molecular weight excluding hydrogens is 270 g/mol. The van der Waals surface area contributed by atoms with Crippen molar-refractivity contribution >= 4 is 17.2 Å². The van der Waals surface area contributed by atoms with Crippen LogP contribution in [0.3, 0.4) is 0 Å². The molecule has 4 nitrogen and oxygen atoms in total. The molecule has 2 heterocycles. The summed E-state index contributed by atoms with van der Waals surface area (Å²) in [6.45, 7) is 3.29. The largest absolute Gasteiger partial charge is 0.340 e. The lowest BCUT2D eigenvalue weighted by atomic mass is 10.0. The Labute approximate surface area is 125 Å². The second-order valence-corrected chi connectivity index (χ2v) is 6.70. The number of nitrogens with one attached hydrogen (secondary N) is 1. The topological polar surface area (TPSA) is 35.6 Å². The SMILES string of the molecule is CN(CC(=O)N(C)Cc1cccs1)CC1CCCCN1. The second-order valence-electron chi connectivity index (χ2n) is 5.67. The third-order valence-corrected chi connectivity index (χ3v) is 4.61. The van der Waals surface area contributed by atoms with E-state index in [-0.39, 0.29) is 5.91 Å². The summed E-state index contributed by atoms with van der Waals surface area (Å²) in [5.41, 5.74) is 0. The van der Waals surface area contributed by atoms with Crippen molar-refractivity contribution in [2.24, 2.45) is 0 Å². The molecule has 20 heavy (non-hydrogen) atoms. The van der Waals surface area contributed by atoms with Crippen molar-refractivity contribution < 1.29 is 4.79 Å². The Kier molecular flexibility index (Phi) is 6.01. The Hall–Kier alpha value is -0.910. The van der Waals surface area contributed by atoms with Gasteiger partial charge in [-0.15, -0.1) is 11.3 Å².